The van der Waals surface area contributed by atoms with Gasteiger partial charge in [-0.2, -0.15) is 5.26 Å². The first-order chi connectivity index (χ1) is 20.3. The summed E-state index contributed by atoms with van der Waals surface area (Å²) in [6.45, 7) is 2.28. The molecule has 2 aromatic carbocycles. The van der Waals surface area contributed by atoms with Crippen LogP contribution in [-0.4, -0.2) is 54.5 Å². The second kappa shape index (κ2) is 13.4. The van der Waals surface area contributed by atoms with Crippen LogP contribution in [0.2, 0.25) is 5.02 Å². The lowest BCUT2D eigenvalue weighted by Gasteiger charge is -2.27. The summed E-state index contributed by atoms with van der Waals surface area (Å²) in [7, 11) is 3.92. The minimum absolute atomic E-state index is 0.0118. The molecule has 5 rings (SSSR count). The molecular weight excluding hydrogens is 573 g/mol. The van der Waals surface area contributed by atoms with Gasteiger partial charge in [-0.05, 0) is 61.5 Å². The summed E-state index contributed by atoms with van der Waals surface area (Å²) < 4.78 is 19.7. The van der Waals surface area contributed by atoms with Crippen molar-refractivity contribution in [2.75, 3.05) is 39.1 Å². The molecule has 4 aromatic rings. The Morgan fingerprint density at radius 2 is 2.12 bits per heavy atom. The highest BCUT2D eigenvalue weighted by atomic mass is 35.5. The highest BCUT2D eigenvalue weighted by molar-refractivity contribution is 7.19. The summed E-state index contributed by atoms with van der Waals surface area (Å²) in [6.07, 6.45) is 5.76. The van der Waals surface area contributed by atoms with E-state index in [1.807, 2.05) is 60.3 Å². The number of halogens is 2. The van der Waals surface area contributed by atoms with Crippen LogP contribution in [0.15, 0.2) is 66.9 Å². The molecule has 3 heterocycles. The van der Waals surface area contributed by atoms with Crippen LogP contribution in [0.1, 0.15) is 33.2 Å². The first kappa shape index (κ1) is 29.7. The lowest BCUT2D eigenvalue weighted by atomic mass is 10.0. The minimum Gasteiger partial charge on any atom is -0.374 e. The van der Waals surface area contributed by atoms with Crippen molar-refractivity contribution in [1.29, 1.82) is 5.26 Å². The van der Waals surface area contributed by atoms with Gasteiger partial charge in [0.25, 0.3) is 0 Å². The third-order valence-corrected chi connectivity index (χ3v) is 8.44. The van der Waals surface area contributed by atoms with Crippen LogP contribution in [0.25, 0.3) is 10.2 Å². The summed E-state index contributed by atoms with van der Waals surface area (Å²) in [6, 6.07) is 15.8. The van der Waals surface area contributed by atoms with Crippen LogP contribution in [0.5, 0.6) is 0 Å². The molecule has 2 aromatic heterocycles. The quantitative estimate of drug-likeness (QED) is 0.213. The maximum absolute atomic E-state index is 13.7. The summed E-state index contributed by atoms with van der Waals surface area (Å²) >= 11 is 7.72. The van der Waals surface area contributed by atoms with Crippen molar-refractivity contribution in [1.82, 2.24) is 14.8 Å². The average molecular weight is 604 g/mol. The predicted octanol–water partition coefficient (Wildman–Crippen LogP) is 6.33. The van der Waals surface area contributed by atoms with Crippen molar-refractivity contribution in [2.45, 2.75) is 25.6 Å². The standard InChI is InChI=1S/C32H31ClFN5O2S/c1-38(2)13-4-7-29(40)39-14-12-26-28(18-39)42-32-30(26)31(23(16-35)17-36-32)37-27(22-8-10-24(33)11-9-22)20-41-19-21-5-3-6-25(34)15-21/h3-11,15,17,27H,12-14,18-20H2,1-2H3,(H,36,37). The van der Waals surface area contributed by atoms with Crippen LogP contribution in [-0.2, 0) is 29.1 Å². The maximum Gasteiger partial charge on any atom is 0.246 e. The summed E-state index contributed by atoms with van der Waals surface area (Å²) in [5.41, 5.74) is 3.89. The number of likely N-dealkylation sites (N-methyl/N-ethyl adjacent to an activating group) is 1. The van der Waals surface area contributed by atoms with Gasteiger partial charge in [-0.15, -0.1) is 11.3 Å². The van der Waals surface area contributed by atoms with Gasteiger partial charge in [0.05, 0.1) is 37.1 Å². The number of rotatable bonds is 10. The van der Waals surface area contributed by atoms with Crippen molar-refractivity contribution in [2.24, 2.45) is 0 Å². The van der Waals surface area contributed by atoms with Crippen molar-refractivity contribution >= 4 is 44.7 Å². The SMILES string of the molecule is CN(C)CC=CC(=O)N1CCc2c(sc3ncc(C#N)c(NC(COCc4cccc(F)c4)c4ccc(Cl)cc4)c23)C1. The number of carbonyl (C=O) groups excluding carboxylic acids is 1. The first-order valence-corrected chi connectivity index (χ1v) is 14.8. The van der Waals surface area contributed by atoms with Gasteiger partial charge in [0.1, 0.15) is 16.7 Å². The van der Waals surface area contributed by atoms with E-state index in [0.717, 1.165) is 31.8 Å². The van der Waals surface area contributed by atoms with Crippen molar-refractivity contribution in [3.8, 4) is 6.07 Å². The molecule has 42 heavy (non-hydrogen) atoms. The van der Waals surface area contributed by atoms with Crippen LogP contribution in [0, 0.1) is 17.1 Å². The number of benzene rings is 2. The molecule has 216 valence electrons. The molecule has 1 N–H and O–H groups in total. The van der Waals surface area contributed by atoms with Crippen molar-refractivity contribution in [3.05, 3.63) is 105 Å². The van der Waals surface area contributed by atoms with E-state index in [1.165, 1.54) is 12.1 Å². The van der Waals surface area contributed by atoms with Gasteiger partial charge in [-0.3, -0.25) is 4.79 Å². The number of pyridine rings is 1. The first-order valence-electron chi connectivity index (χ1n) is 13.6. The molecule has 1 aliphatic rings. The van der Waals surface area contributed by atoms with E-state index in [9.17, 15) is 14.4 Å². The number of hydrogen-bond donors (Lipinski definition) is 1. The summed E-state index contributed by atoms with van der Waals surface area (Å²) in [5, 5.41) is 15.2. The van der Waals surface area contributed by atoms with Gasteiger partial charge in [0, 0.05) is 40.6 Å². The van der Waals surface area contributed by atoms with Gasteiger partial charge in [0.15, 0.2) is 0 Å². The number of thiophene rings is 1. The van der Waals surface area contributed by atoms with Gasteiger partial charge in [0.2, 0.25) is 5.91 Å². The molecule has 1 atom stereocenters. The molecule has 0 fully saturated rings. The largest absolute Gasteiger partial charge is 0.374 e. The molecular formula is C32H31ClFN5O2S. The van der Waals surface area contributed by atoms with Crippen LogP contribution < -0.4 is 5.32 Å². The van der Waals surface area contributed by atoms with Gasteiger partial charge < -0.3 is 19.9 Å². The second-order valence-corrected chi connectivity index (χ2v) is 11.9. The van der Waals surface area contributed by atoms with E-state index in [2.05, 4.69) is 16.4 Å². The van der Waals surface area contributed by atoms with Crippen LogP contribution >= 0.6 is 22.9 Å². The number of nitrogens with one attached hydrogen (secondary N) is 1. The summed E-state index contributed by atoms with van der Waals surface area (Å²) in [4.78, 5) is 23.2. The Morgan fingerprint density at radius 3 is 2.86 bits per heavy atom. The molecule has 1 aliphatic heterocycles. The number of nitrogens with zero attached hydrogens (tertiary/aromatic N) is 4. The Hall–Kier alpha value is -3.81. The Morgan fingerprint density at radius 1 is 1.31 bits per heavy atom. The monoisotopic (exact) mass is 603 g/mol. The third-order valence-electron chi connectivity index (χ3n) is 7.06. The average Bonchev–Trinajstić information content (AvgIpc) is 3.35. The fraction of sp³-hybridized carbons (Fsp3) is 0.281. The third kappa shape index (κ3) is 6.97. The van der Waals surface area contributed by atoms with Crippen LogP contribution in [0.4, 0.5) is 10.1 Å². The van der Waals surface area contributed by atoms with Gasteiger partial charge in [-0.1, -0.05) is 41.9 Å². The lowest BCUT2D eigenvalue weighted by Crippen LogP contribution is -2.34. The molecule has 10 heteroatoms. The normalized spacial score (nSPS) is 13.9. The number of anilines is 1. The van der Waals surface area contributed by atoms with E-state index in [4.69, 9.17) is 16.3 Å². The maximum atomic E-state index is 13.7. The number of ether oxygens (including phenoxy) is 1. The van der Waals surface area contributed by atoms with E-state index in [0.29, 0.717) is 42.3 Å². The Kier molecular flexibility index (Phi) is 9.50. The van der Waals surface area contributed by atoms with E-state index < -0.39 is 0 Å². The molecule has 0 bridgehead atoms. The zero-order chi connectivity index (χ0) is 29.6. The molecule has 0 saturated heterocycles. The molecule has 7 nitrogen and oxygen atoms in total. The second-order valence-electron chi connectivity index (χ2n) is 10.4. The number of carbonyl (C=O) groups is 1. The van der Waals surface area contributed by atoms with Gasteiger partial charge >= 0.3 is 0 Å². The zero-order valence-corrected chi connectivity index (χ0v) is 25.0. The predicted molar refractivity (Wildman–Crippen MR) is 165 cm³/mol. The summed E-state index contributed by atoms with van der Waals surface area (Å²) in [5.74, 6) is -0.323. The van der Waals surface area contributed by atoms with E-state index >= 15 is 0 Å². The number of nitriles is 1. The van der Waals surface area contributed by atoms with E-state index in [-0.39, 0.29) is 31.0 Å². The molecule has 0 radical (unpaired) electrons. The number of hydrogen-bond acceptors (Lipinski definition) is 7. The fourth-order valence-electron chi connectivity index (χ4n) is 4.96. The molecule has 1 amide bonds. The van der Waals surface area contributed by atoms with Gasteiger partial charge in [-0.25, -0.2) is 9.37 Å². The Labute approximate surface area is 253 Å². The minimum atomic E-state index is -0.326. The smallest absolute Gasteiger partial charge is 0.246 e. The van der Waals surface area contributed by atoms with Crippen molar-refractivity contribution < 1.29 is 13.9 Å². The number of amides is 1. The number of aromatic nitrogens is 1. The lowest BCUT2D eigenvalue weighted by molar-refractivity contribution is -0.126. The van der Waals surface area contributed by atoms with Crippen LogP contribution in [0.3, 0.4) is 0 Å². The van der Waals surface area contributed by atoms with E-state index in [1.54, 1.807) is 29.7 Å². The highest BCUT2D eigenvalue weighted by Gasteiger charge is 2.27. The Bertz CT molecular complexity index is 1650. The molecule has 0 spiro atoms. The molecule has 0 saturated carbocycles. The molecule has 0 aliphatic carbocycles. The highest BCUT2D eigenvalue weighted by Crippen LogP contribution is 2.41. The zero-order valence-electron chi connectivity index (χ0n) is 23.4. The fourth-order valence-corrected chi connectivity index (χ4v) is 6.30. The Balaban J connectivity index is 1.43. The van der Waals surface area contributed by atoms with Crippen molar-refractivity contribution in [3.63, 3.8) is 0 Å². The molecule has 1 unspecified atom stereocenters. The number of fused-ring (bicyclic) bond motifs is 3. The topological polar surface area (TPSA) is 81.5 Å².